The van der Waals surface area contributed by atoms with Gasteiger partial charge in [0.15, 0.2) is 0 Å². The molecule has 0 fully saturated rings. The first-order valence-corrected chi connectivity index (χ1v) is 18.0. The van der Waals surface area contributed by atoms with Gasteiger partial charge in [0, 0.05) is 0 Å². The third kappa shape index (κ3) is 126. The quantitative estimate of drug-likeness (QED) is 0.598. The molecule has 0 N–H and O–H groups in total. The van der Waals surface area contributed by atoms with E-state index in [9.17, 15) is 0 Å². The average Bonchev–Trinajstić information content (AvgIpc) is 1.25. The summed E-state index contributed by atoms with van der Waals surface area (Å²) in [5.41, 5.74) is 0. The van der Waals surface area contributed by atoms with Crippen LogP contribution in [-0.4, -0.2) is 40.4 Å². The molecule has 0 heterocycles. The van der Waals surface area contributed by atoms with Crippen molar-refractivity contribution in [1.29, 1.82) is 0 Å². The van der Waals surface area contributed by atoms with Gasteiger partial charge in [0.05, 0.1) is 0 Å². The molecule has 0 saturated heterocycles. The fraction of sp³-hybridized carbons (Fsp3) is 1.00. The normalized spacial score (nSPS) is 9.00. The molecule has 0 spiro atoms. The van der Waals surface area contributed by atoms with Crippen molar-refractivity contribution in [2.24, 2.45) is 0 Å². The van der Waals surface area contributed by atoms with Crippen LogP contribution in [-0.2, 0) is 0 Å². The van der Waals surface area contributed by atoms with Crippen LogP contribution in [0, 0.1) is 0 Å². The number of rotatable bonds is 0. The van der Waals surface area contributed by atoms with Crippen LogP contribution in [0.25, 0.3) is 0 Å². The molecule has 0 aliphatic carbocycles. The molecule has 0 amide bonds. The Hall–Kier alpha value is 1.64. The summed E-state index contributed by atoms with van der Waals surface area (Å²) in [6.45, 7) is 0. The van der Waals surface area contributed by atoms with E-state index >= 15 is 0 Å². The van der Waals surface area contributed by atoms with Crippen LogP contribution >= 0.6 is 0 Å². The van der Waals surface area contributed by atoms with E-state index in [-0.39, 0.29) is 0 Å². The Balaban J connectivity index is 0. The molecule has 0 unspecified atom stereocenters. The van der Waals surface area contributed by atoms with Gasteiger partial charge in [-0.1, -0.05) is 0 Å². The summed E-state index contributed by atoms with van der Waals surface area (Å²) in [7, 11) is 0. The van der Waals surface area contributed by atoms with Crippen LogP contribution in [0.15, 0.2) is 0 Å². The topological polar surface area (TPSA) is 0 Å². The molecular weight excluding hydrogens is 316 g/mol. The van der Waals surface area contributed by atoms with E-state index in [0.29, 0.717) is 0 Å². The first-order chi connectivity index (χ1) is 3.46. The van der Waals surface area contributed by atoms with Crippen molar-refractivity contribution < 1.29 is 0 Å². The van der Waals surface area contributed by atoms with E-state index in [1.54, 1.807) is 0 Å². The first-order valence-electron chi connectivity index (χ1n) is 2.68. The van der Waals surface area contributed by atoms with Gasteiger partial charge in [-0.3, -0.25) is 0 Å². The fourth-order valence-corrected chi connectivity index (χ4v) is 0. The molecule has 2 heteroatoms. The maximum absolute atomic E-state index is 2.35. The molecule has 52 valence electrons. The molecule has 8 heavy (non-hydrogen) atoms. The second-order valence-corrected chi connectivity index (χ2v) is 18.0. The van der Waals surface area contributed by atoms with Crippen LogP contribution in [0.4, 0.5) is 0 Å². The van der Waals surface area contributed by atoms with Gasteiger partial charge < -0.3 is 0 Å². The summed E-state index contributed by atoms with van der Waals surface area (Å²) in [6, 6.07) is 0. The van der Waals surface area contributed by atoms with E-state index < -0.39 is 40.4 Å². The Kier molecular flexibility index (Phi) is 13.3. The average molecular weight is 334 g/mol. The fourth-order valence-electron chi connectivity index (χ4n) is 0. The zero-order valence-electron chi connectivity index (χ0n) is 6.89. The van der Waals surface area contributed by atoms with Gasteiger partial charge in [-0.25, -0.2) is 0 Å². The number of hydrogen-bond donors (Lipinski definition) is 0. The Morgan fingerprint density at radius 3 is 0.500 bits per heavy atom. The van der Waals surface area contributed by atoms with E-state index in [0.717, 1.165) is 0 Å². The van der Waals surface area contributed by atoms with Crippen LogP contribution in [0.3, 0.4) is 0 Å². The van der Waals surface area contributed by atoms with E-state index in [2.05, 4.69) is 29.2 Å². The van der Waals surface area contributed by atoms with Crippen molar-refractivity contribution in [3.63, 3.8) is 0 Å². The number of hydrogen-bond acceptors (Lipinski definition) is 0. The Morgan fingerprint density at radius 2 is 0.500 bits per heavy atom. The van der Waals surface area contributed by atoms with Crippen molar-refractivity contribution in [2.75, 3.05) is 0 Å². The predicted octanol–water partition coefficient (Wildman–Crippen LogP) is 2.74. The zero-order valence-corrected chi connectivity index (χ0v) is 12.0. The second-order valence-electron chi connectivity index (χ2n) is 2.68. The summed E-state index contributed by atoms with van der Waals surface area (Å²) >= 11 is -0.900. The van der Waals surface area contributed by atoms with Crippen molar-refractivity contribution in [3.05, 3.63) is 0 Å². The molecule has 0 rings (SSSR count). The molecular formula is C6H18Sb2. The summed E-state index contributed by atoms with van der Waals surface area (Å²) in [5.74, 6) is 0. The zero-order chi connectivity index (χ0) is 7.15. The van der Waals surface area contributed by atoms with Crippen LogP contribution < -0.4 is 0 Å². The second kappa shape index (κ2) is 8.64. The third-order valence-corrected chi connectivity index (χ3v) is 0. The van der Waals surface area contributed by atoms with Gasteiger partial charge in [-0.05, 0) is 0 Å². The van der Waals surface area contributed by atoms with Gasteiger partial charge in [-0.2, -0.15) is 0 Å². The van der Waals surface area contributed by atoms with Gasteiger partial charge in [0.25, 0.3) is 0 Å². The van der Waals surface area contributed by atoms with E-state index in [4.69, 9.17) is 0 Å². The molecule has 0 aromatic heterocycles. The first kappa shape index (κ1) is 12.3. The van der Waals surface area contributed by atoms with Gasteiger partial charge in [0.2, 0.25) is 0 Å². The third-order valence-electron chi connectivity index (χ3n) is 0. The predicted molar refractivity (Wildman–Crippen MR) is 46.7 cm³/mol. The van der Waals surface area contributed by atoms with Crippen LogP contribution in [0.5, 0.6) is 0 Å². The monoisotopic (exact) mass is 332 g/mol. The van der Waals surface area contributed by atoms with Gasteiger partial charge >= 0.3 is 69.6 Å². The summed E-state index contributed by atoms with van der Waals surface area (Å²) < 4.78 is 0. The van der Waals surface area contributed by atoms with Crippen LogP contribution in [0.1, 0.15) is 0 Å². The molecule has 0 nitrogen and oxygen atoms in total. The molecule has 0 atom stereocenters. The molecule has 0 saturated carbocycles. The summed E-state index contributed by atoms with van der Waals surface area (Å²) in [5, 5.41) is 0. The van der Waals surface area contributed by atoms with Crippen molar-refractivity contribution in [3.8, 4) is 0 Å². The Morgan fingerprint density at radius 1 is 0.500 bits per heavy atom. The Labute approximate surface area is 69.0 Å². The van der Waals surface area contributed by atoms with Crippen molar-refractivity contribution in [1.82, 2.24) is 0 Å². The SMILES string of the molecule is [CH3][Sb]([CH3])[CH3].[CH3][Sb]([CH3])[CH3]. The van der Waals surface area contributed by atoms with Crippen molar-refractivity contribution >= 4 is 40.4 Å². The standard InChI is InChI=1S/6CH3.2Sb/h6*1H3;;. The molecule has 0 aromatic rings. The summed E-state index contributed by atoms with van der Waals surface area (Å²) in [4.78, 5) is 14.1. The summed E-state index contributed by atoms with van der Waals surface area (Å²) in [6.07, 6.45) is 0. The minimum atomic E-state index is -0.450. The minimum absolute atomic E-state index is 0.450. The molecule has 0 aliphatic rings. The Bertz CT molecular complexity index is 22.0. The van der Waals surface area contributed by atoms with E-state index in [1.807, 2.05) is 0 Å². The van der Waals surface area contributed by atoms with Gasteiger partial charge in [-0.15, -0.1) is 0 Å². The molecule has 0 aliphatic heterocycles. The molecule has 0 aromatic carbocycles. The molecule has 0 bridgehead atoms. The van der Waals surface area contributed by atoms with E-state index in [1.165, 1.54) is 0 Å². The van der Waals surface area contributed by atoms with Crippen molar-refractivity contribution in [2.45, 2.75) is 29.2 Å². The molecule has 0 radical (unpaired) electrons. The van der Waals surface area contributed by atoms with Crippen LogP contribution in [0.2, 0.25) is 29.2 Å². The maximum atomic E-state index is 2.35. The van der Waals surface area contributed by atoms with Gasteiger partial charge in [0.1, 0.15) is 0 Å².